The number of aromatic nitrogens is 1. The number of benzene rings is 1. The first kappa shape index (κ1) is 27.0. The molecule has 2 heterocycles. The lowest BCUT2D eigenvalue weighted by Gasteiger charge is -2.29. The number of amidine groups is 1. The molecule has 2 amide bonds. The summed E-state index contributed by atoms with van der Waals surface area (Å²) in [5, 5.41) is 5.24. The van der Waals surface area contributed by atoms with Crippen molar-refractivity contribution in [3.63, 3.8) is 0 Å². The van der Waals surface area contributed by atoms with Gasteiger partial charge in [0.2, 0.25) is 5.91 Å². The minimum atomic E-state index is -4.65. The van der Waals surface area contributed by atoms with Gasteiger partial charge >= 0.3 is 6.18 Å². The van der Waals surface area contributed by atoms with Crippen LogP contribution in [-0.4, -0.2) is 47.7 Å². The van der Waals surface area contributed by atoms with E-state index in [1.165, 1.54) is 18.3 Å². The molecule has 2 aromatic rings. The minimum absolute atomic E-state index is 0.0406. The van der Waals surface area contributed by atoms with E-state index in [9.17, 15) is 22.8 Å². The van der Waals surface area contributed by atoms with Gasteiger partial charge in [-0.25, -0.2) is 4.98 Å². The third kappa shape index (κ3) is 7.42. The van der Waals surface area contributed by atoms with Gasteiger partial charge in [0, 0.05) is 31.9 Å². The van der Waals surface area contributed by atoms with Gasteiger partial charge in [0.25, 0.3) is 5.91 Å². The van der Waals surface area contributed by atoms with Crippen LogP contribution in [0.3, 0.4) is 0 Å². The Morgan fingerprint density at radius 2 is 1.97 bits per heavy atom. The van der Waals surface area contributed by atoms with Crippen molar-refractivity contribution in [2.24, 2.45) is 4.99 Å². The molecule has 188 valence electrons. The molecule has 1 aliphatic heterocycles. The Morgan fingerprint density at radius 3 is 2.63 bits per heavy atom. The minimum Gasteiger partial charge on any atom is -0.356 e. The molecule has 13 heteroatoms. The number of thiazole rings is 1. The molecule has 0 radical (unpaired) electrons. The fourth-order valence-corrected chi connectivity index (χ4v) is 4.69. The summed E-state index contributed by atoms with van der Waals surface area (Å²) >= 11 is 12.9. The van der Waals surface area contributed by atoms with Crippen LogP contribution in [0.4, 0.5) is 18.9 Å². The highest BCUT2D eigenvalue weighted by Gasteiger charge is 2.33. The third-order valence-electron chi connectivity index (χ3n) is 5.06. The van der Waals surface area contributed by atoms with Crippen LogP contribution in [-0.2, 0) is 17.5 Å². The number of hydrogen-bond donors (Lipinski definition) is 2. The Labute approximate surface area is 214 Å². The number of hydrogen-bond acceptors (Lipinski definition) is 5. The molecule has 7 nitrogen and oxygen atoms in total. The molecule has 1 saturated heterocycles. The van der Waals surface area contributed by atoms with Gasteiger partial charge in [0.15, 0.2) is 0 Å². The van der Waals surface area contributed by atoms with Crippen LogP contribution in [0.1, 0.15) is 39.5 Å². The van der Waals surface area contributed by atoms with Crippen LogP contribution < -0.4 is 10.6 Å². The highest BCUT2D eigenvalue weighted by atomic mass is 35.5. The van der Waals surface area contributed by atoms with Crippen molar-refractivity contribution >= 4 is 57.9 Å². The Hall–Kier alpha value is -2.63. The first-order valence-corrected chi connectivity index (χ1v) is 12.2. The predicted octanol–water partition coefficient (Wildman–Crippen LogP) is 5.32. The summed E-state index contributed by atoms with van der Waals surface area (Å²) < 4.78 is 39.1. The molecule has 1 aromatic carbocycles. The van der Waals surface area contributed by atoms with E-state index in [1.54, 1.807) is 7.05 Å². The molecule has 0 unspecified atom stereocenters. The number of carbonyl (C=O) groups excluding carboxylic acids is 2. The average Bonchev–Trinajstić information content (AvgIpc) is 3.29. The van der Waals surface area contributed by atoms with Crippen LogP contribution in [0.25, 0.3) is 0 Å². The van der Waals surface area contributed by atoms with Crippen LogP contribution in [0.2, 0.25) is 5.02 Å². The van der Waals surface area contributed by atoms with Crippen molar-refractivity contribution in [2.75, 3.05) is 25.5 Å². The maximum atomic E-state index is 13.0. The van der Waals surface area contributed by atoms with Crippen molar-refractivity contribution in [2.45, 2.75) is 32.0 Å². The van der Waals surface area contributed by atoms with Crippen LogP contribution >= 0.6 is 34.5 Å². The molecule has 0 bridgehead atoms. The van der Waals surface area contributed by atoms with E-state index in [4.69, 9.17) is 23.2 Å². The largest absolute Gasteiger partial charge is 0.417 e. The molecule has 1 aromatic heterocycles. The van der Waals surface area contributed by atoms with Gasteiger partial charge in [-0.1, -0.05) is 23.2 Å². The highest BCUT2D eigenvalue weighted by Crippen LogP contribution is 2.36. The van der Waals surface area contributed by atoms with Crippen molar-refractivity contribution in [1.29, 1.82) is 0 Å². The predicted molar refractivity (Wildman–Crippen MR) is 131 cm³/mol. The summed E-state index contributed by atoms with van der Waals surface area (Å²) in [6.07, 6.45) is 1.11. The van der Waals surface area contributed by atoms with Gasteiger partial charge in [0.05, 0.1) is 28.4 Å². The number of anilines is 1. The summed E-state index contributed by atoms with van der Waals surface area (Å²) in [7, 11) is 1.62. The number of amides is 2. The fraction of sp³-hybridized carbons (Fsp3) is 0.364. The quantitative estimate of drug-likeness (QED) is 0.291. The van der Waals surface area contributed by atoms with E-state index in [0.717, 1.165) is 55.8 Å². The number of rotatable bonds is 6. The Morgan fingerprint density at radius 1 is 1.26 bits per heavy atom. The maximum Gasteiger partial charge on any atom is 0.417 e. The average molecular weight is 548 g/mol. The van der Waals surface area contributed by atoms with Gasteiger partial charge in [-0.2, -0.15) is 13.2 Å². The molecule has 0 saturated carbocycles. The van der Waals surface area contributed by atoms with E-state index in [-0.39, 0.29) is 22.1 Å². The number of likely N-dealkylation sites (tertiary alicyclic amines) is 1. The lowest BCUT2D eigenvalue weighted by molar-refractivity contribution is -0.137. The molecule has 2 N–H and O–H groups in total. The smallest absolute Gasteiger partial charge is 0.356 e. The van der Waals surface area contributed by atoms with Crippen molar-refractivity contribution in [3.8, 4) is 0 Å². The van der Waals surface area contributed by atoms with E-state index >= 15 is 0 Å². The normalized spacial score (nSPS) is 15.2. The number of nitrogens with zero attached hydrogens (tertiary/aromatic N) is 3. The molecular weight excluding hydrogens is 526 g/mol. The second-order valence-electron chi connectivity index (χ2n) is 7.57. The molecular formula is C22H22Cl2F3N5O2S. The summed E-state index contributed by atoms with van der Waals surface area (Å²) in [5.41, 5.74) is -1.11. The molecule has 1 fully saturated rings. The summed E-state index contributed by atoms with van der Waals surface area (Å²) in [4.78, 5) is 35.2. The molecule has 0 aliphatic carbocycles. The number of aliphatic imine (C=N–C) groups is 1. The molecule has 35 heavy (non-hydrogen) atoms. The van der Waals surface area contributed by atoms with E-state index in [1.807, 2.05) is 4.90 Å². The molecule has 0 spiro atoms. The molecule has 0 atom stereocenters. The second kappa shape index (κ2) is 11.9. The van der Waals surface area contributed by atoms with Crippen molar-refractivity contribution in [1.82, 2.24) is 15.2 Å². The Bertz CT molecular complexity index is 1140. The lowest BCUT2D eigenvalue weighted by atomic mass is 10.1. The van der Waals surface area contributed by atoms with Crippen LogP contribution in [0.15, 0.2) is 40.5 Å². The topological polar surface area (TPSA) is 86.7 Å². The number of halogens is 5. The summed E-state index contributed by atoms with van der Waals surface area (Å²) in [6, 6.07) is 3.09. The Balaban J connectivity index is 1.57. The van der Waals surface area contributed by atoms with E-state index in [2.05, 4.69) is 20.6 Å². The van der Waals surface area contributed by atoms with Gasteiger partial charge in [-0.3, -0.25) is 14.6 Å². The van der Waals surface area contributed by atoms with Crippen molar-refractivity contribution < 1.29 is 22.8 Å². The van der Waals surface area contributed by atoms with Gasteiger partial charge < -0.3 is 15.5 Å². The van der Waals surface area contributed by atoms with Crippen LogP contribution in [0.5, 0.6) is 0 Å². The zero-order valence-corrected chi connectivity index (χ0v) is 20.9. The summed E-state index contributed by atoms with van der Waals surface area (Å²) in [5.74, 6) is -0.524. The first-order valence-electron chi connectivity index (χ1n) is 10.6. The standard InChI is InChI=1S/C22H22Cl2F3N5O2S/c1-28-20(32-7-3-2-4-8-32)16(24)10-18(33)29-12-19-30-11-17(35-19)21(34)31-13-5-6-15(23)14(9-13)22(25,26)27/h5-6,9-11H,2-4,7-8,12H2,1H3,(H,29,33)(H,31,34)/b16-10-,28-20+. The number of alkyl halides is 3. The first-order chi connectivity index (χ1) is 16.6. The molecule has 3 rings (SSSR count). The zero-order chi connectivity index (χ0) is 25.6. The van der Waals surface area contributed by atoms with Gasteiger partial charge in [0.1, 0.15) is 15.7 Å². The van der Waals surface area contributed by atoms with E-state index < -0.39 is 28.6 Å². The maximum absolute atomic E-state index is 13.0. The van der Waals surface area contributed by atoms with Gasteiger partial charge in [-0.05, 0) is 37.5 Å². The highest BCUT2D eigenvalue weighted by molar-refractivity contribution is 7.13. The monoisotopic (exact) mass is 547 g/mol. The summed E-state index contributed by atoms with van der Waals surface area (Å²) in [6.45, 7) is 1.70. The molecule has 1 aliphatic rings. The zero-order valence-electron chi connectivity index (χ0n) is 18.6. The number of nitrogens with one attached hydrogen (secondary N) is 2. The SMILES string of the molecule is C/N=C(\C(Cl)=C\C(=O)NCc1ncc(C(=O)Nc2ccc(Cl)c(C(F)(F)F)c2)s1)N1CCCCC1. The number of carbonyl (C=O) groups is 2. The fourth-order valence-electron chi connectivity index (χ4n) is 3.41. The van der Waals surface area contributed by atoms with E-state index in [0.29, 0.717) is 10.8 Å². The third-order valence-corrected chi connectivity index (χ3v) is 6.66. The number of piperidine rings is 1. The second-order valence-corrected chi connectivity index (χ2v) is 9.50. The van der Waals surface area contributed by atoms with Gasteiger partial charge in [-0.15, -0.1) is 11.3 Å². The lowest BCUT2D eigenvalue weighted by Crippen LogP contribution is -2.36. The van der Waals surface area contributed by atoms with Crippen molar-refractivity contribution in [3.05, 3.63) is 56.0 Å². The Kier molecular flexibility index (Phi) is 9.15. The van der Waals surface area contributed by atoms with Crippen LogP contribution in [0, 0.1) is 0 Å².